The van der Waals surface area contributed by atoms with Crippen LogP contribution in [0.15, 0.2) is 0 Å². The molecule has 1 atom stereocenters. The molecular formula is C13H28ClN3O. The zero-order valence-electron chi connectivity index (χ0n) is 11.8. The van der Waals surface area contributed by atoms with E-state index in [4.69, 9.17) is 5.73 Å². The Hall–Kier alpha value is -0.320. The van der Waals surface area contributed by atoms with Crippen molar-refractivity contribution in [2.75, 3.05) is 20.6 Å². The Morgan fingerprint density at radius 1 is 1.33 bits per heavy atom. The molecule has 1 unspecified atom stereocenters. The van der Waals surface area contributed by atoms with Crippen LogP contribution in [0, 0.1) is 5.92 Å². The third-order valence-electron chi connectivity index (χ3n) is 3.34. The summed E-state index contributed by atoms with van der Waals surface area (Å²) < 4.78 is 0. The summed E-state index contributed by atoms with van der Waals surface area (Å²) in [6.07, 6.45) is 5.12. The van der Waals surface area contributed by atoms with Crippen molar-refractivity contribution < 1.29 is 4.79 Å². The maximum Gasteiger partial charge on any atom is 0.221 e. The molecule has 1 fully saturated rings. The Balaban J connectivity index is 0.00000289. The SMILES string of the molecule is CC(N)CC(=O)NC1CCC(CN(C)C)CC1.Cl. The van der Waals surface area contributed by atoms with Crippen molar-refractivity contribution >= 4 is 18.3 Å². The minimum Gasteiger partial charge on any atom is -0.353 e. The Bertz CT molecular complexity index is 238. The summed E-state index contributed by atoms with van der Waals surface area (Å²) in [5, 5.41) is 3.09. The fourth-order valence-electron chi connectivity index (χ4n) is 2.58. The van der Waals surface area contributed by atoms with Crippen LogP contribution in [0.1, 0.15) is 39.0 Å². The van der Waals surface area contributed by atoms with Crippen molar-refractivity contribution in [2.45, 2.75) is 51.1 Å². The highest BCUT2D eigenvalue weighted by Gasteiger charge is 2.22. The minimum absolute atomic E-state index is 0. The van der Waals surface area contributed by atoms with Crippen LogP contribution in [0.3, 0.4) is 0 Å². The second-order valence-corrected chi connectivity index (χ2v) is 5.73. The highest BCUT2D eigenvalue weighted by atomic mass is 35.5. The zero-order chi connectivity index (χ0) is 12.8. The number of amides is 1. The summed E-state index contributed by atoms with van der Waals surface area (Å²) in [5.74, 6) is 0.905. The van der Waals surface area contributed by atoms with Gasteiger partial charge in [0, 0.05) is 25.0 Å². The summed E-state index contributed by atoms with van der Waals surface area (Å²) in [6, 6.07) is 0.333. The minimum atomic E-state index is -0.0416. The predicted molar refractivity (Wildman–Crippen MR) is 78.0 cm³/mol. The molecule has 0 radical (unpaired) electrons. The van der Waals surface area contributed by atoms with Crippen LogP contribution in [-0.2, 0) is 4.79 Å². The molecule has 5 heteroatoms. The summed E-state index contributed by atoms with van der Waals surface area (Å²) in [7, 11) is 4.24. The number of nitrogens with two attached hydrogens (primary N) is 1. The molecule has 1 aliphatic rings. The number of halogens is 1. The maximum atomic E-state index is 11.6. The number of carbonyl (C=O) groups excluding carboxylic acids is 1. The van der Waals surface area contributed by atoms with Gasteiger partial charge in [-0.25, -0.2) is 0 Å². The van der Waals surface area contributed by atoms with Gasteiger partial charge in [0.2, 0.25) is 5.91 Å². The quantitative estimate of drug-likeness (QED) is 0.798. The smallest absolute Gasteiger partial charge is 0.221 e. The molecule has 0 heterocycles. The van der Waals surface area contributed by atoms with Crippen LogP contribution < -0.4 is 11.1 Å². The van der Waals surface area contributed by atoms with Crippen LogP contribution in [0.4, 0.5) is 0 Å². The van der Waals surface area contributed by atoms with E-state index in [1.54, 1.807) is 0 Å². The third kappa shape index (κ3) is 7.19. The summed E-state index contributed by atoms with van der Waals surface area (Å²) in [6.45, 7) is 3.04. The number of nitrogens with one attached hydrogen (secondary N) is 1. The lowest BCUT2D eigenvalue weighted by Crippen LogP contribution is -2.40. The molecule has 0 spiro atoms. The van der Waals surface area contributed by atoms with Gasteiger partial charge in [-0.3, -0.25) is 4.79 Å². The van der Waals surface area contributed by atoms with E-state index in [0.717, 1.165) is 18.8 Å². The molecule has 0 aliphatic heterocycles. The molecule has 0 bridgehead atoms. The van der Waals surface area contributed by atoms with Crippen LogP contribution >= 0.6 is 12.4 Å². The summed E-state index contributed by atoms with van der Waals surface area (Å²) >= 11 is 0. The van der Waals surface area contributed by atoms with Gasteiger partial charge in [0.25, 0.3) is 0 Å². The standard InChI is InChI=1S/C13H27N3O.ClH/c1-10(14)8-13(17)15-12-6-4-11(5-7-12)9-16(2)3;/h10-12H,4-9,14H2,1-3H3,(H,15,17);1H. The molecule has 1 rings (SSSR count). The zero-order valence-corrected chi connectivity index (χ0v) is 12.6. The van der Waals surface area contributed by atoms with Crippen molar-refractivity contribution in [1.82, 2.24) is 10.2 Å². The van der Waals surface area contributed by atoms with E-state index in [1.807, 2.05) is 6.92 Å². The number of hydrogen-bond donors (Lipinski definition) is 2. The molecule has 0 aromatic carbocycles. The molecular weight excluding hydrogens is 250 g/mol. The fraction of sp³-hybridized carbons (Fsp3) is 0.923. The van der Waals surface area contributed by atoms with Gasteiger partial charge >= 0.3 is 0 Å². The van der Waals surface area contributed by atoms with Crippen molar-refractivity contribution in [3.63, 3.8) is 0 Å². The van der Waals surface area contributed by atoms with Gasteiger partial charge in [-0.1, -0.05) is 0 Å². The van der Waals surface area contributed by atoms with E-state index < -0.39 is 0 Å². The molecule has 0 aromatic heterocycles. The van der Waals surface area contributed by atoms with Crippen LogP contribution in [0.25, 0.3) is 0 Å². The van der Waals surface area contributed by atoms with E-state index in [-0.39, 0.29) is 24.4 Å². The van der Waals surface area contributed by atoms with E-state index in [2.05, 4.69) is 24.3 Å². The van der Waals surface area contributed by atoms with Gasteiger partial charge in [-0.05, 0) is 52.6 Å². The number of nitrogens with zero attached hydrogens (tertiary/aromatic N) is 1. The average Bonchev–Trinajstić information content (AvgIpc) is 2.18. The molecule has 3 N–H and O–H groups in total. The Labute approximate surface area is 117 Å². The molecule has 0 aromatic rings. The summed E-state index contributed by atoms with van der Waals surface area (Å²) in [5.41, 5.74) is 5.61. The first kappa shape index (κ1) is 17.7. The predicted octanol–water partition coefficient (Wildman–Crippen LogP) is 1.38. The fourth-order valence-corrected chi connectivity index (χ4v) is 2.58. The number of carbonyl (C=O) groups is 1. The number of rotatable bonds is 5. The lowest BCUT2D eigenvalue weighted by molar-refractivity contribution is -0.122. The van der Waals surface area contributed by atoms with E-state index >= 15 is 0 Å². The van der Waals surface area contributed by atoms with Gasteiger partial charge in [0.05, 0.1) is 0 Å². The van der Waals surface area contributed by atoms with Gasteiger partial charge in [-0.15, -0.1) is 12.4 Å². The average molecular weight is 278 g/mol. The molecule has 4 nitrogen and oxygen atoms in total. The van der Waals surface area contributed by atoms with Gasteiger partial charge < -0.3 is 16.0 Å². The van der Waals surface area contributed by atoms with Crippen LogP contribution in [0.2, 0.25) is 0 Å². The lowest BCUT2D eigenvalue weighted by atomic mass is 9.85. The lowest BCUT2D eigenvalue weighted by Gasteiger charge is -2.30. The van der Waals surface area contributed by atoms with Crippen molar-refractivity contribution in [3.8, 4) is 0 Å². The van der Waals surface area contributed by atoms with E-state index in [1.165, 1.54) is 19.4 Å². The highest BCUT2D eigenvalue weighted by molar-refractivity contribution is 5.85. The largest absolute Gasteiger partial charge is 0.353 e. The Morgan fingerprint density at radius 3 is 2.33 bits per heavy atom. The molecule has 1 amide bonds. The first-order valence-corrected chi connectivity index (χ1v) is 6.67. The monoisotopic (exact) mass is 277 g/mol. The topological polar surface area (TPSA) is 58.4 Å². The second-order valence-electron chi connectivity index (χ2n) is 5.73. The van der Waals surface area contributed by atoms with E-state index in [9.17, 15) is 4.79 Å². The molecule has 1 aliphatic carbocycles. The second kappa shape index (κ2) is 8.73. The van der Waals surface area contributed by atoms with Gasteiger partial charge in [0.15, 0.2) is 0 Å². The van der Waals surface area contributed by atoms with Crippen LogP contribution in [0.5, 0.6) is 0 Å². The number of hydrogen-bond acceptors (Lipinski definition) is 3. The maximum absolute atomic E-state index is 11.6. The molecule has 108 valence electrons. The van der Waals surface area contributed by atoms with Crippen LogP contribution in [-0.4, -0.2) is 43.5 Å². The molecule has 18 heavy (non-hydrogen) atoms. The third-order valence-corrected chi connectivity index (χ3v) is 3.34. The van der Waals surface area contributed by atoms with Crippen molar-refractivity contribution in [2.24, 2.45) is 11.7 Å². The van der Waals surface area contributed by atoms with E-state index in [0.29, 0.717) is 12.5 Å². The first-order valence-electron chi connectivity index (χ1n) is 6.67. The van der Waals surface area contributed by atoms with Gasteiger partial charge in [0.1, 0.15) is 0 Å². The Kier molecular flexibility index (Phi) is 8.57. The molecule has 1 saturated carbocycles. The van der Waals surface area contributed by atoms with Crippen molar-refractivity contribution in [3.05, 3.63) is 0 Å². The summed E-state index contributed by atoms with van der Waals surface area (Å²) in [4.78, 5) is 13.8. The first-order chi connectivity index (χ1) is 7.97. The van der Waals surface area contributed by atoms with Gasteiger partial charge in [-0.2, -0.15) is 0 Å². The van der Waals surface area contributed by atoms with Crippen molar-refractivity contribution in [1.29, 1.82) is 0 Å². The Morgan fingerprint density at radius 2 is 1.89 bits per heavy atom. The normalized spacial score (nSPS) is 25.4. The highest BCUT2D eigenvalue weighted by Crippen LogP contribution is 2.24. The molecule has 0 saturated heterocycles.